The molecule has 2 aromatic carbocycles. The van der Waals surface area contributed by atoms with E-state index in [9.17, 15) is 24.0 Å². The number of Topliss-reactive ketones (excluding diaryl/α,β-unsaturated/α-hetero) is 1. The van der Waals surface area contributed by atoms with Gasteiger partial charge in [0.25, 0.3) is 17.7 Å². The molecule has 13 heteroatoms. The van der Waals surface area contributed by atoms with E-state index in [0.29, 0.717) is 12.8 Å². The van der Waals surface area contributed by atoms with Crippen LogP contribution in [0.5, 0.6) is 5.75 Å². The van der Waals surface area contributed by atoms with Crippen LogP contribution in [0, 0.1) is 11.8 Å². The van der Waals surface area contributed by atoms with E-state index in [1.807, 2.05) is 0 Å². The van der Waals surface area contributed by atoms with E-state index >= 15 is 0 Å². The van der Waals surface area contributed by atoms with Crippen LogP contribution in [0.3, 0.4) is 0 Å². The Morgan fingerprint density at radius 1 is 0.902 bits per heavy atom. The van der Waals surface area contributed by atoms with Gasteiger partial charge in [0.1, 0.15) is 12.3 Å². The lowest BCUT2D eigenvalue weighted by atomic mass is 9.81. The van der Waals surface area contributed by atoms with Gasteiger partial charge in [-0.05, 0) is 67.4 Å². The number of esters is 1. The number of halogens is 4. The summed E-state index contributed by atoms with van der Waals surface area (Å²) < 4.78 is 10.2. The van der Waals surface area contributed by atoms with Crippen molar-refractivity contribution in [3.8, 4) is 5.75 Å². The molecule has 2 aliphatic rings. The molecule has 1 aliphatic heterocycles. The Balaban J connectivity index is 1.41. The van der Waals surface area contributed by atoms with Gasteiger partial charge in [0.2, 0.25) is 5.76 Å². The molecule has 0 radical (unpaired) electrons. The Morgan fingerprint density at radius 2 is 1.51 bits per heavy atom. The molecule has 1 saturated carbocycles. The molecule has 0 spiro atoms. The number of amides is 3. The molecule has 1 aromatic heterocycles. The van der Waals surface area contributed by atoms with Crippen molar-refractivity contribution in [2.75, 3.05) is 6.54 Å². The third-order valence-electron chi connectivity index (χ3n) is 6.93. The molecule has 1 saturated heterocycles. The Hall–Kier alpha value is -2.99. The summed E-state index contributed by atoms with van der Waals surface area (Å²) >= 11 is 19.2. The largest absolute Gasteiger partial charge is 0.457 e. The number of alkyl halides is 2. The molecule has 212 valence electrons. The fraction of sp³-hybridized carbons (Fsp3) is 0.250. The summed E-state index contributed by atoms with van der Waals surface area (Å²) in [5.74, 6) is -4.24. The van der Waals surface area contributed by atoms with E-state index in [1.165, 1.54) is 54.8 Å². The van der Waals surface area contributed by atoms with E-state index in [0.717, 1.165) is 10.0 Å². The number of hydrogen-bond acceptors (Lipinski definition) is 7. The molecular weight excluding hydrogens is 707 g/mol. The lowest BCUT2D eigenvalue weighted by molar-refractivity contribution is -0.154. The van der Waals surface area contributed by atoms with Crippen LogP contribution < -0.4 is 4.74 Å². The number of nitrogens with zero attached hydrogens (tertiary/aromatic N) is 2. The zero-order valence-corrected chi connectivity index (χ0v) is 25.7. The number of carbonyl (C=O) groups excluding carboxylic acids is 5. The average Bonchev–Trinajstić information content (AvgIpc) is 3.57. The van der Waals surface area contributed by atoms with Crippen LogP contribution in [0.1, 0.15) is 44.1 Å². The third-order valence-corrected chi connectivity index (χ3v) is 10.4. The monoisotopic (exact) mass is 724 g/mol. The first kappa shape index (κ1) is 29.5. The van der Waals surface area contributed by atoms with Crippen molar-refractivity contribution >= 4 is 84.5 Å². The van der Waals surface area contributed by atoms with Gasteiger partial charge in [-0.25, -0.2) is 9.80 Å². The first-order valence-electron chi connectivity index (χ1n) is 12.4. The smallest absolute Gasteiger partial charge is 0.379 e. The maximum atomic E-state index is 13.7. The molecule has 4 atom stereocenters. The normalized spacial score (nSPS) is 21.9. The van der Waals surface area contributed by atoms with Gasteiger partial charge in [-0.1, -0.05) is 55.1 Å². The van der Waals surface area contributed by atoms with Gasteiger partial charge in [-0.3, -0.25) is 19.2 Å². The van der Waals surface area contributed by atoms with E-state index < -0.39 is 47.9 Å². The highest BCUT2D eigenvalue weighted by atomic mass is 79.9. The zero-order valence-electron chi connectivity index (χ0n) is 21.0. The van der Waals surface area contributed by atoms with Crippen LogP contribution in [-0.4, -0.2) is 55.7 Å². The standard InChI is InChI=1S/C28H20Br2Cl2N2O7/c29-19-11-17-18(12-20(19)30)27(38)34(26(17)37)33(25(36)15-5-8-21(31)22(32)10-15)13-23(35)14-3-6-16(7-4-14)41-28(39)24-2-1-9-40-24/h1-10,17-20H,11-13H2/t17-,18-,19-,20+/m1/s1. The molecular formula is C28H20Br2Cl2N2O7. The van der Waals surface area contributed by atoms with Crippen LogP contribution in [0.15, 0.2) is 65.3 Å². The summed E-state index contributed by atoms with van der Waals surface area (Å²) in [5.41, 5.74) is 0.201. The minimum absolute atomic E-state index is 0.0135. The van der Waals surface area contributed by atoms with Crippen molar-refractivity contribution in [3.63, 3.8) is 0 Å². The van der Waals surface area contributed by atoms with E-state index in [-0.39, 0.29) is 42.3 Å². The van der Waals surface area contributed by atoms with Gasteiger partial charge in [0, 0.05) is 20.8 Å². The fourth-order valence-corrected chi connectivity index (χ4v) is 6.35. The number of furan rings is 1. The number of carbonyl (C=O) groups is 5. The SMILES string of the molecule is O=C(CN(C(=O)c1ccc(Cl)c(Cl)c1)N1C(=O)[C@@H]2C[C@@H](Br)[C@@H](Br)C[C@H]2C1=O)c1ccc(OC(=O)c2ccco2)cc1. The summed E-state index contributed by atoms with van der Waals surface area (Å²) in [6.45, 7) is -0.614. The van der Waals surface area contributed by atoms with Crippen molar-refractivity contribution in [1.29, 1.82) is 0 Å². The van der Waals surface area contributed by atoms with Crippen LogP contribution in [-0.2, 0) is 9.59 Å². The summed E-state index contributed by atoms with van der Waals surface area (Å²) in [4.78, 5) is 66.2. The van der Waals surface area contributed by atoms with Crippen molar-refractivity contribution in [1.82, 2.24) is 10.0 Å². The van der Waals surface area contributed by atoms with Crippen molar-refractivity contribution in [2.45, 2.75) is 22.5 Å². The second-order valence-electron chi connectivity index (χ2n) is 9.51. The first-order chi connectivity index (χ1) is 19.5. The van der Waals surface area contributed by atoms with Gasteiger partial charge < -0.3 is 9.15 Å². The number of benzene rings is 2. The van der Waals surface area contributed by atoms with Crippen LogP contribution in [0.2, 0.25) is 10.0 Å². The van der Waals surface area contributed by atoms with Gasteiger partial charge in [-0.2, -0.15) is 5.01 Å². The number of ketones is 1. The maximum Gasteiger partial charge on any atom is 0.379 e. The second-order valence-corrected chi connectivity index (χ2v) is 12.7. The van der Waals surface area contributed by atoms with Gasteiger partial charge in [-0.15, -0.1) is 0 Å². The molecule has 0 N–H and O–H groups in total. The summed E-state index contributed by atoms with van der Waals surface area (Å²) in [5, 5.41) is 1.97. The number of ether oxygens (including phenoxy) is 1. The maximum absolute atomic E-state index is 13.7. The highest BCUT2D eigenvalue weighted by molar-refractivity contribution is 9.12. The highest BCUT2D eigenvalue weighted by Crippen LogP contribution is 2.43. The van der Waals surface area contributed by atoms with E-state index in [2.05, 4.69) is 31.9 Å². The van der Waals surface area contributed by atoms with E-state index in [1.54, 1.807) is 6.07 Å². The summed E-state index contributed by atoms with van der Waals surface area (Å²) in [6, 6.07) is 12.8. The third kappa shape index (κ3) is 5.99. The Morgan fingerprint density at radius 3 is 2.07 bits per heavy atom. The predicted octanol–water partition coefficient (Wildman–Crippen LogP) is 5.97. The molecule has 0 bridgehead atoms. The summed E-state index contributed by atoms with van der Waals surface area (Å²) in [7, 11) is 0. The molecule has 9 nitrogen and oxygen atoms in total. The zero-order chi connectivity index (χ0) is 29.4. The molecule has 3 amide bonds. The van der Waals surface area contributed by atoms with Crippen molar-refractivity contribution < 1.29 is 33.1 Å². The average molecular weight is 727 g/mol. The minimum atomic E-state index is -0.771. The molecule has 41 heavy (non-hydrogen) atoms. The number of hydrogen-bond donors (Lipinski definition) is 0. The highest BCUT2D eigenvalue weighted by Gasteiger charge is 2.54. The lowest BCUT2D eigenvalue weighted by Gasteiger charge is -2.30. The molecule has 0 unspecified atom stereocenters. The van der Waals surface area contributed by atoms with Crippen LogP contribution in [0.4, 0.5) is 0 Å². The number of hydrazine groups is 1. The van der Waals surface area contributed by atoms with Crippen molar-refractivity contribution in [3.05, 3.63) is 87.8 Å². The van der Waals surface area contributed by atoms with Gasteiger partial charge in [0.15, 0.2) is 5.78 Å². The molecule has 3 aromatic rings. The molecule has 1 aliphatic carbocycles. The Labute approximate surface area is 260 Å². The van der Waals surface area contributed by atoms with Gasteiger partial charge >= 0.3 is 5.97 Å². The predicted molar refractivity (Wildman–Crippen MR) is 155 cm³/mol. The number of rotatable bonds is 7. The van der Waals surface area contributed by atoms with E-state index in [4.69, 9.17) is 32.4 Å². The summed E-state index contributed by atoms with van der Waals surface area (Å²) in [6.07, 6.45) is 2.12. The molecule has 2 heterocycles. The molecule has 2 fully saturated rings. The number of imide groups is 1. The lowest BCUT2D eigenvalue weighted by Crippen LogP contribution is -2.52. The fourth-order valence-electron chi connectivity index (χ4n) is 4.82. The quantitative estimate of drug-likeness (QED) is 0.0970. The first-order valence-corrected chi connectivity index (χ1v) is 15.0. The Kier molecular flexibility index (Phi) is 8.70. The Bertz CT molecular complexity index is 1500. The second kappa shape index (κ2) is 12.1. The van der Waals surface area contributed by atoms with Gasteiger partial charge in [0.05, 0.1) is 28.1 Å². The molecule has 5 rings (SSSR count). The van der Waals surface area contributed by atoms with Crippen LogP contribution >= 0.6 is 55.1 Å². The van der Waals surface area contributed by atoms with Crippen molar-refractivity contribution in [2.24, 2.45) is 11.8 Å². The van der Waals surface area contributed by atoms with Crippen LogP contribution in [0.25, 0.3) is 0 Å². The topological polar surface area (TPSA) is 114 Å². The number of fused-ring (bicyclic) bond motifs is 1. The minimum Gasteiger partial charge on any atom is -0.457 e.